The number of Topliss-reactive ketones (excluding diaryl/α,β-unsaturated/α-hetero) is 1. The summed E-state index contributed by atoms with van der Waals surface area (Å²) in [5.74, 6) is -1.97. The van der Waals surface area contributed by atoms with Gasteiger partial charge in [0.1, 0.15) is 17.7 Å². The van der Waals surface area contributed by atoms with E-state index >= 15 is 0 Å². The number of amides is 4. The van der Waals surface area contributed by atoms with Crippen LogP contribution in [0.1, 0.15) is 81.1 Å². The van der Waals surface area contributed by atoms with Crippen molar-refractivity contribution in [2.75, 3.05) is 13.1 Å². The Balaban J connectivity index is 1.84. The Labute approximate surface area is 238 Å². The van der Waals surface area contributed by atoms with Crippen LogP contribution in [0.2, 0.25) is 0 Å². The first kappa shape index (κ1) is 31.6. The minimum absolute atomic E-state index is 0.0901. The number of hydrogen-bond acceptors (Lipinski definition) is 6. The second-order valence-electron chi connectivity index (χ2n) is 14.3. The zero-order valence-electron chi connectivity index (χ0n) is 25.4. The monoisotopic (exact) mass is 560 g/mol. The number of fused-ring (bicyclic) bond motifs is 1. The van der Waals surface area contributed by atoms with Crippen molar-refractivity contribution in [2.45, 2.75) is 105 Å². The van der Waals surface area contributed by atoms with Crippen molar-refractivity contribution in [3.63, 3.8) is 0 Å². The predicted octanol–water partition coefficient (Wildman–Crippen LogP) is 2.96. The average Bonchev–Trinajstić information content (AvgIpc) is 3.13. The van der Waals surface area contributed by atoms with E-state index in [0.717, 1.165) is 19.3 Å². The fourth-order valence-corrected chi connectivity index (χ4v) is 6.01. The molecule has 3 rings (SSSR count). The van der Waals surface area contributed by atoms with Crippen LogP contribution in [-0.2, 0) is 23.9 Å². The maximum atomic E-state index is 14.0. The van der Waals surface area contributed by atoms with Gasteiger partial charge in [0, 0.05) is 13.1 Å². The number of ether oxygens (including phenoxy) is 1. The Hall–Kier alpha value is -2.91. The Bertz CT molecular complexity index is 1040. The molecule has 0 aromatic carbocycles. The van der Waals surface area contributed by atoms with Gasteiger partial charge in [0.2, 0.25) is 17.6 Å². The van der Waals surface area contributed by atoms with Crippen LogP contribution in [0, 0.1) is 28.6 Å². The van der Waals surface area contributed by atoms with E-state index in [4.69, 9.17) is 4.74 Å². The van der Waals surface area contributed by atoms with Crippen molar-refractivity contribution < 1.29 is 28.7 Å². The number of piperidine rings is 1. The first-order valence-corrected chi connectivity index (χ1v) is 14.4. The zero-order valence-corrected chi connectivity index (χ0v) is 25.4. The normalized spacial score (nSPS) is 25.0. The quantitative estimate of drug-likeness (QED) is 0.278. The van der Waals surface area contributed by atoms with Crippen LogP contribution in [0.25, 0.3) is 0 Å². The van der Waals surface area contributed by atoms with Crippen LogP contribution in [-0.4, -0.2) is 71.3 Å². The van der Waals surface area contributed by atoms with Crippen molar-refractivity contribution in [1.82, 2.24) is 20.9 Å². The fourth-order valence-electron chi connectivity index (χ4n) is 6.01. The van der Waals surface area contributed by atoms with Crippen LogP contribution in [0.15, 0.2) is 12.7 Å². The third-order valence-corrected chi connectivity index (χ3v) is 8.59. The molecule has 3 N–H and O–H groups in total. The molecule has 10 nitrogen and oxygen atoms in total. The molecule has 2 saturated carbocycles. The summed E-state index contributed by atoms with van der Waals surface area (Å²) in [6, 6.07) is -2.72. The summed E-state index contributed by atoms with van der Waals surface area (Å²) in [7, 11) is 0. The molecule has 5 atom stereocenters. The van der Waals surface area contributed by atoms with Gasteiger partial charge in [-0.25, -0.2) is 4.79 Å². The van der Waals surface area contributed by atoms with Gasteiger partial charge in [0.05, 0.1) is 6.04 Å². The van der Waals surface area contributed by atoms with Crippen LogP contribution in [0.3, 0.4) is 0 Å². The van der Waals surface area contributed by atoms with Crippen LogP contribution in [0.4, 0.5) is 4.79 Å². The second kappa shape index (κ2) is 11.5. The summed E-state index contributed by atoms with van der Waals surface area (Å²) in [5.41, 5.74) is -1.55. The van der Waals surface area contributed by atoms with E-state index < -0.39 is 52.8 Å². The van der Waals surface area contributed by atoms with Gasteiger partial charge in [-0.1, -0.05) is 60.0 Å². The van der Waals surface area contributed by atoms with Gasteiger partial charge in [-0.3, -0.25) is 19.2 Å². The van der Waals surface area contributed by atoms with Crippen LogP contribution < -0.4 is 16.0 Å². The molecule has 224 valence electrons. The fraction of sp³-hybridized carbons (Fsp3) is 0.767. The molecule has 3 aliphatic rings. The standard InChI is InChI=1S/C30H48N4O6/c1-10-14-31-25(37)22(35)19(15-17-12-11-13-17)32-24(36)21-20-18(30(20,8)9)16-34(21)26(38)23(28(2,3)4)33-27(39)40-29(5,6)7/h10,17-21,23H,1,11-16H2,2-9H3,(H,31,37)(H,32,36)(H,33,39)/t18-,19?,20-,21+,23-/m1/s1. The molecule has 0 spiro atoms. The third-order valence-electron chi connectivity index (χ3n) is 8.59. The summed E-state index contributed by atoms with van der Waals surface area (Å²) < 4.78 is 5.41. The van der Waals surface area contributed by atoms with E-state index in [1.165, 1.54) is 6.08 Å². The highest BCUT2D eigenvalue weighted by Gasteiger charge is 2.70. The molecule has 40 heavy (non-hydrogen) atoms. The van der Waals surface area contributed by atoms with Gasteiger partial charge in [0.25, 0.3) is 5.91 Å². The molecule has 1 heterocycles. The van der Waals surface area contributed by atoms with Crippen molar-refractivity contribution in [2.24, 2.45) is 28.6 Å². The zero-order chi connectivity index (χ0) is 30.2. The van der Waals surface area contributed by atoms with E-state index in [1.54, 1.807) is 25.7 Å². The lowest BCUT2D eigenvalue weighted by Gasteiger charge is -2.38. The van der Waals surface area contributed by atoms with E-state index in [0.29, 0.717) is 13.0 Å². The Morgan fingerprint density at radius 1 is 1.05 bits per heavy atom. The summed E-state index contributed by atoms with van der Waals surface area (Å²) in [6.45, 7) is 19.0. The third kappa shape index (κ3) is 7.04. The van der Waals surface area contributed by atoms with Crippen LogP contribution in [0.5, 0.6) is 0 Å². The van der Waals surface area contributed by atoms with Crippen molar-refractivity contribution >= 4 is 29.6 Å². The summed E-state index contributed by atoms with van der Waals surface area (Å²) in [4.78, 5) is 67.7. The summed E-state index contributed by atoms with van der Waals surface area (Å²) >= 11 is 0. The number of likely N-dealkylation sites (tertiary alicyclic amines) is 1. The number of nitrogens with one attached hydrogen (secondary N) is 3. The molecule has 0 aromatic rings. The molecule has 3 fully saturated rings. The molecule has 4 amide bonds. The topological polar surface area (TPSA) is 134 Å². The molecular formula is C30H48N4O6. The van der Waals surface area contributed by atoms with Crippen molar-refractivity contribution in [3.8, 4) is 0 Å². The van der Waals surface area contributed by atoms with Gasteiger partial charge >= 0.3 is 6.09 Å². The Morgan fingerprint density at radius 3 is 2.17 bits per heavy atom. The lowest BCUT2D eigenvalue weighted by atomic mass is 9.80. The number of carbonyl (C=O) groups excluding carboxylic acids is 5. The SMILES string of the molecule is C=CCNC(=O)C(=O)C(CC1CCC1)NC(=O)[C@@H]1[C@H]2[C@@H](CN1C(=O)[C@@H](NC(=O)OC(C)(C)C)C(C)(C)C)C2(C)C. The van der Waals surface area contributed by atoms with E-state index in [2.05, 4.69) is 36.4 Å². The molecule has 1 saturated heterocycles. The van der Waals surface area contributed by atoms with E-state index in [9.17, 15) is 24.0 Å². The van der Waals surface area contributed by atoms with Gasteiger partial charge in [0.15, 0.2) is 0 Å². The lowest BCUT2D eigenvalue weighted by molar-refractivity contribution is -0.145. The molecule has 1 unspecified atom stereocenters. The van der Waals surface area contributed by atoms with Gasteiger partial charge < -0.3 is 25.6 Å². The summed E-state index contributed by atoms with van der Waals surface area (Å²) in [6.07, 6.45) is 4.12. The highest BCUT2D eigenvalue weighted by Crippen LogP contribution is 2.65. The Kier molecular flexibility index (Phi) is 9.11. The van der Waals surface area contributed by atoms with Gasteiger partial charge in [-0.15, -0.1) is 6.58 Å². The molecular weight excluding hydrogens is 512 g/mol. The molecule has 1 aliphatic heterocycles. The maximum Gasteiger partial charge on any atom is 0.408 e. The van der Waals surface area contributed by atoms with E-state index in [1.807, 2.05) is 20.8 Å². The first-order chi connectivity index (χ1) is 18.4. The second-order valence-corrected chi connectivity index (χ2v) is 14.3. The number of ketones is 1. The number of nitrogens with zero attached hydrogens (tertiary/aromatic N) is 1. The number of rotatable bonds is 10. The van der Waals surface area contributed by atoms with Gasteiger partial charge in [-0.2, -0.15) is 0 Å². The van der Waals surface area contributed by atoms with Crippen LogP contribution >= 0.6 is 0 Å². The molecule has 0 bridgehead atoms. The average molecular weight is 561 g/mol. The number of alkyl carbamates (subject to hydrolysis) is 1. The Morgan fingerprint density at radius 2 is 1.68 bits per heavy atom. The predicted molar refractivity (Wildman–Crippen MR) is 151 cm³/mol. The molecule has 2 aliphatic carbocycles. The number of hydrogen-bond donors (Lipinski definition) is 3. The highest BCUT2D eigenvalue weighted by molar-refractivity contribution is 6.38. The summed E-state index contributed by atoms with van der Waals surface area (Å²) in [5, 5.41) is 8.11. The lowest BCUT2D eigenvalue weighted by Crippen LogP contribution is -2.61. The smallest absolute Gasteiger partial charge is 0.408 e. The highest BCUT2D eigenvalue weighted by atomic mass is 16.6. The van der Waals surface area contributed by atoms with E-state index in [-0.39, 0.29) is 35.6 Å². The molecule has 0 radical (unpaired) electrons. The minimum Gasteiger partial charge on any atom is -0.444 e. The van der Waals surface area contributed by atoms with Crippen molar-refractivity contribution in [3.05, 3.63) is 12.7 Å². The molecule has 10 heteroatoms. The number of carbonyl (C=O) groups is 5. The maximum absolute atomic E-state index is 14.0. The molecule has 0 aromatic heterocycles. The van der Waals surface area contributed by atoms with Crippen molar-refractivity contribution in [1.29, 1.82) is 0 Å². The minimum atomic E-state index is -0.973. The first-order valence-electron chi connectivity index (χ1n) is 14.4. The largest absolute Gasteiger partial charge is 0.444 e. The van der Waals surface area contributed by atoms with Gasteiger partial charge in [-0.05, 0) is 55.8 Å².